The molecule has 0 amide bonds. The Morgan fingerprint density at radius 2 is 2.24 bits per heavy atom. The van der Waals surface area contributed by atoms with Gasteiger partial charge in [0.05, 0.1) is 6.04 Å². The maximum absolute atomic E-state index is 5.68. The highest BCUT2D eigenvalue weighted by Gasteiger charge is 2.14. The first-order valence-electron chi connectivity index (χ1n) is 5.44. The highest BCUT2D eigenvalue weighted by Crippen LogP contribution is 2.30. The molecule has 2 nitrogen and oxygen atoms in total. The molecule has 3 N–H and O–H groups in total. The summed E-state index contributed by atoms with van der Waals surface area (Å²) in [6.07, 6.45) is 0. The average Bonchev–Trinajstić information content (AvgIpc) is 2.77. The van der Waals surface area contributed by atoms with Crippen molar-refractivity contribution >= 4 is 27.3 Å². The lowest BCUT2D eigenvalue weighted by atomic mass is 10.0. The van der Waals surface area contributed by atoms with E-state index in [1.165, 1.54) is 16.0 Å². The van der Waals surface area contributed by atoms with Gasteiger partial charge in [-0.1, -0.05) is 24.3 Å². The normalized spacial score (nSPS) is 12.6. The summed E-state index contributed by atoms with van der Waals surface area (Å²) in [4.78, 5) is 1.30. The highest BCUT2D eigenvalue weighted by atomic mass is 79.9. The third-order valence-corrected chi connectivity index (χ3v) is 4.44. The summed E-state index contributed by atoms with van der Waals surface area (Å²) in [5, 5.41) is 5.45. The molecule has 0 saturated carbocycles. The molecule has 0 bridgehead atoms. The molecule has 17 heavy (non-hydrogen) atoms. The largest absolute Gasteiger partial charge is 0.326 e. The van der Waals surface area contributed by atoms with E-state index in [0.29, 0.717) is 6.54 Å². The molecular weight excluding hydrogens is 296 g/mol. The zero-order chi connectivity index (χ0) is 12.3. The van der Waals surface area contributed by atoms with Crippen molar-refractivity contribution in [1.29, 1.82) is 0 Å². The number of rotatable bonds is 4. The standard InChI is InChI=1S/C13H15BrN2S/c1-16-13(12-6-11(14)8-17-12)10-4-2-3-9(5-10)7-15/h2-6,8,13,16H,7,15H2,1H3. The third-order valence-electron chi connectivity index (χ3n) is 2.68. The van der Waals surface area contributed by atoms with Gasteiger partial charge in [0.25, 0.3) is 0 Å². The van der Waals surface area contributed by atoms with E-state index in [9.17, 15) is 0 Å². The van der Waals surface area contributed by atoms with Gasteiger partial charge in [0.15, 0.2) is 0 Å². The number of nitrogens with two attached hydrogens (primary N) is 1. The van der Waals surface area contributed by atoms with Gasteiger partial charge >= 0.3 is 0 Å². The van der Waals surface area contributed by atoms with Crippen molar-refractivity contribution in [3.63, 3.8) is 0 Å². The summed E-state index contributed by atoms with van der Waals surface area (Å²) in [5.41, 5.74) is 8.10. The number of benzene rings is 1. The van der Waals surface area contributed by atoms with Gasteiger partial charge in [0.2, 0.25) is 0 Å². The molecule has 2 aromatic rings. The molecule has 0 aliphatic rings. The summed E-state index contributed by atoms with van der Waals surface area (Å²) in [6, 6.07) is 10.8. The molecule has 0 radical (unpaired) electrons. The SMILES string of the molecule is CNC(c1cccc(CN)c1)c1cc(Br)cs1. The van der Waals surface area contributed by atoms with E-state index in [-0.39, 0.29) is 6.04 Å². The minimum Gasteiger partial charge on any atom is -0.326 e. The van der Waals surface area contributed by atoms with Crippen LogP contribution in [0.4, 0.5) is 0 Å². The van der Waals surface area contributed by atoms with Gasteiger partial charge < -0.3 is 11.1 Å². The summed E-state index contributed by atoms with van der Waals surface area (Å²) in [6.45, 7) is 0.582. The smallest absolute Gasteiger partial charge is 0.0669 e. The van der Waals surface area contributed by atoms with Gasteiger partial charge in [-0.25, -0.2) is 0 Å². The van der Waals surface area contributed by atoms with Crippen molar-refractivity contribution in [2.75, 3.05) is 7.05 Å². The zero-order valence-electron chi connectivity index (χ0n) is 9.61. The van der Waals surface area contributed by atoms with E-state index in [0.717, 1.165) is 4.47 Å². The Kier molecular flexibility index (Phi) is 4.34. The Labute approximate surface area is 114 Å². The van der Waals surface area contributed by atoms with E-state index in [1.54, 1.807) is 11.3 Å². The van der Waals surface area contributed by atoms with Crippen LogP contribution in [0.1, 0.15) is 22.0 Å². The highest BCUT2D eigenvalue weighted by molar-refractivity contribution is 9.10. The van der Waals surface area contributed by atoms with Crippen LogP contribution >= 0.6 is 27.3 Å². The van der Waals surface area contributed by atoms with E-state index in [4.69, 9.17) is 5.73 Å². The first-order valence-corrected chi connectivity index (χ1v) is 7.12. The minimum atomic E-state index is 0.234. The topological polar surface area (TPSA) is 38.0 Å². The van der Waals surface area contributed by atoms with E-state index >= 15 is 0 Å². The van der Waals surface area contributed by atoms with Crippen LogP contribution in [0.15, 0.2) is 40.2 Å². The molecule has 0 aliphatic carbocycles. The first-order chi connectivity index (χ1) is 8.24. The lowest BCUT2D eigenvalue weighted by Crippen LogP contribution is -2.16. The maximum Gasteiger partial charge on any atom is 0.0669 e. The number of thiophene rings is 1. The van der Waals surface area contributed by atoms with Crippen LogP contribution in [0.2, 0.25) is 0 Å². The molecule has 0 aliphatic heterocycles. The molecule has 1 heterocycles. The zero-order valence-corrected chi connectivity index (χ0v) is 12.0. The molecule has 1 aromatic heterocycles. The monoisotopic (exact) mass is 310 g/mol. The fourth-order valence-electron chi connectivity index (χ4n) is 1.85. The molecule has 0 spiro atoms. The lowest BCUT2D eigenvalue weighted by Gasteiger charge is -2.15. The van der Waals surface area contributed by atoms with Crippen molar-refractivity contribution in [2.45, 2.75) is 12.6 Å². The molecular formula is C13H15BrN2S. The second-order valence-electron chi connectivity index (χ2n) is 3.84. The van der Waals surface area contributed by atoms with Crippen molar-refractivity contribution in [1.82, 2.24) is 5.32 Å². The quantitative estimate of drug-likeness (QED) is 0.909. The lowest BCUT2D eigenvalue weighted by molar-refractivity contribution is 0.702. The van der Waals surface area contributed by atoms with Gasteiger partial charge in [-0.05, 0) is 40.2 Å². The molecule has 1 unspecified atom stereocenters. The number of hydrogen-bond donors (Lipinski definition) is 2. The fourth-order valence-corrected chi connectivity index (χ4v) is 3.43. The Morgan fingerprint density at radius 3 is 2.82 bits per heavy atom. The summed E-state index contributed by atoms with van der Waals surface area (Å²) < 4.78 is 1.13. The molecule has 0 fully saturated rings. The number of nitrogens with one attached hydrogen (secondary N) is 1. The van der Waals surface area contributed by atoms with Crippen LogP contribution in [-0.4, -0.2) is 7.05 Å². The summed E-state index contributed by atoms with van der Waals surface area (Å²) in [5.74, 6) is 0. The number of halogens is 1. The Morgan fingerprint density at radius 1 is 1.41 bits per heavy atom. The Bertz CT molecular complexity index is 496. The Balaban J connectivity index is 2.34. The van der Waals surface area contributed by atoms with Gasteiger partial charge in [-0.15, -0.1) is 11.3 Å². The Hall–Kier alpha value is -0.680. The first kappa shape index (κ1) is 12.8. The second-order valence-corrected chi connectivity index (χ2v) is 5.70. The summed E-state index contributed by atoms with van der Waals surface area (Å²) in [7, 11) is 1.98. The average molecular weight is 311 g/mol. The maximum atomic E-state index is 5.68. The van der Waals surface area contributed by atoms with E-state index in [2.05, 4.69) is 57.0 Å². The van der Waals surface area contributed by atoms with Crippen LogP contribution in [0.5, 0.6) is 0 Å². The van der Waals surface area contributed by atoms with E-state index < -0.39 is 0 Å². The van der Waals surface area contributed by atoms with Crippen molar-refractivity contribution < 1.29 is 0 Å². The third kappa shape index (κ3) is 2.96. The van der Waals surface area contributed by atoms with Gasteiger partial charge in [-0.3, -0.25) is 0 Å². The van der Waals surface area contributed by atoms with E-state index in [1.807, 2.05) is 7.05 Å². The molecule has 1 atom stereocenters. The minimum absolute atomic E-state index is 0.234. The number of hydrogen-bond acceptors (Lipinski definition) is 3. The molecule has 2 rings (SSSR count). The van der Waals surface area contributed by atoms with Crippen molar-refractivity contribution in [2.24, 2.45) is 5.73 Å². The molecule has 4 heteroatoms. The van der Waals surface area contributed by atoms with Gasteiger partial charge in [-0.2, -0.15) is 0 Å². The predicted octanol–water partition coefficient (Wildman–Crippen LogP) is 3.28. The van der Waals surface area contributed by atoms with Crippen LogP contribution in [0, 0.1) is 0 Å². The van der Waals surface area contributed by atoms with Crippen LogP contribution in [0.25, 0.3) is 0 Å². The van der Waals surface area contributed by atoms with Crippen LogP contribution in [0.3, 0.4) is 0 Å². The molecule has 1 aromatic carbocycles. The van der Waals surface area contributed by atoms with Gasteiger partial charge in [0.1, 0.15) is 0 Å². The van der Waals surface area contributed by atoms with Gasteiger partial charge in [0, 0.05) is 21.3 Å². The predicted molar refractivity (Wildman–Crippen MR) is 77.3 cm³/mol. The second kappa shape index (κ2) is 5.78. The van der Waals surface area contributed by atoms with Crippen LogP contribution in [-0.2, 0) is 6.54 Å². The van der Waals surface area contributed by atoms with Crippen molar-refractivity contribution in [3.8, 4) is 0 Å². The molecule has 90 valence electrons. The summed E-state index contributed by atoms with van der Waals surface area (Å²) >= 11 is 5.24. The fraction of sp³-hybridized carbons (Fsp3) is 0.231. The van der Waals surface area contributed by atoms with Crippen LogP contribution < -0.4 is 11.1 Å². The molecule has 0 saturated heterocycles. The van der Waals surface area contributed by atoms with Crippen molar-refractivity contribution in [3.05, 3.63) is 56.2 Å².